The fourth-order valence-corrected chi connectivity index (χ4v) is 7.85. The minimum Gasteiger partial charge on any atom is -0.424 e. The summed E-state index contributed by atoms with van der Waals surface area (Å²) >= 11 is 0. The summed E-state index contributed by atoms with van der Waals surface area (Å²) in [7, 11) is -1.42. The molecule has 0 aromatic heterocycles. The normalized spacial score (nSPS) is 23.5. The number of rotatable bonds is 7. The lowest BCUT2D eigenvalue weighted by molar-refractivity contribution is -0.119. The van der Waals surface area contributed by atoms with Gasteiger partial charge in [-0.15, -0.1) is 0 Å². The summed E-state index contributed by atoms with van der Waals surface area (Å²) in [5, 5.41) is 11.9. The lowest BCUT2D eigenvalue weighted by Gasteiger charge is -2.41. The van der Waals surface area contributed by atoms with Crippen molar-refractivity contribution in [1.29, 1.82) is 0 Å². The second-order valence-electron chi connectivity index (χ2n) is 8.01. The van der Waals surface area contributed by atoms with Gasteiger partial charge in [-0.25, -0.2) is 0 Å². The Morgan fingerprint density at radius 2 is 1.56 bits per heavy atom. The molecule has 27 heavy (non-hydrogen) atoms. The summed E-state index contributed by atoms with van der Waals surface area (Å²) < 4.78 is 11.0. The van der Waals surface area contributed by atoms with Crippen molar-refractivity contribution in [2.45, 2.75) is 56.6 Å². The zero-order valence-corrected chi connectivity index (χ0v) is 17.3. The Bertz CT molecular complexity index is 680. The van der Waals surface area contributed by atoms with Crippen molar-refractivity contribution in [3.05, 3.63) is 60.7 Å². The molecule has 2 N–H and O–H groups in total. The molecule has 1 fully saturated rings. The van der Waals surface area contributed by atoms with Gasteiger partial charge in [-0.3, -0.25) is 0 Å². The summed E-state index contributed by atoms with van der Waals surface area (Å²) in [5.41, 5.74) is 0. The summed E-state index contributed by atoms with van der Waals surface area (Å²) in [6.45, 7) is 4.27. The summed E-state index contributed by atoms with van der Waals surface area (Å²) in [5.74, 6) is 0. The second-order valence-corrected chi connectivity index (χ2v) is 11.9. The maximum absolute atomic E-state index is 12.1. The van der Waals surface area contributed by atoms with Gasteiger partial charge < -0.3 is 19.4 Å². The summed E-state index contributed by atoms with van der Waals surface area (Å²) in [4.78, 5) is 12.1. The van der Waals surface area contributed by atoms with Crippen LogP contribution >= 0.6 is 0 Å². The van der Waals surface area contributed by atoms with Gasteiger partial charge in [0.2, 0.25) is 0 Å². The third-order valence-corrected chi connectivity index (χ3v) is 10.4. The van der Waals surface area contributed by atoms with Gasteiger partial charge >= 0.3 is 0 Å². The van der Waals surface area contributed by atoms with Gasteiger partial charge in [0.05, 0.1) is 12.2 Å². The number of aliphatic hydroxyl groups is 1. The van der Waals surface area contributed by atoms with E-state index in [0.717, 1.165) is 16.8 Å². The molecule has 1 heterocycles. The summed E-state index contributed by atoms with van der Waals surface area (Å²) in [6, 6.07) is 20.0. The SMILES string of the molecule is CO[C@@H]1CC(O)[C@@H](CCC(C)(C)[Si](O)(c2ccccc2)c2ccccc2)O1. The molecule has 146 valence electrons. The van der Waals surface area contributed by atoms with E-state index in [2.05, 4.69) is 13.8 Å². The third kappa shape index (κ3) is 4.03. The smallest absolute Gasteiger partial charge is 0.258 e. The van der Waals surface area contributed by atoms with E-state index in [4.69, 9.17) is 9.47 Å². The maximum Gasteiger partial charge on any atom is 0.258 e. The van der Waals surface area contributed by atoms with Crippen molar-refractivity contribution in [3.8, 4) is 0 Å². The van der Waals surface area contributed by atoms with Gasteiger partial charge in [0.25, 0.3) is 8.32 Å². The van der Waals surface area contributed by atoms with Gasteiger partial charge in [0, 0.05) is 13.5 Å². The summed E-state index contributed by atoms with van der Waals surface area (Å²) in [6.07, 6.45) is 0.821. The first-order chi connectivity index (χ1) is 12.9. The van der Waals surface area contributed by atoms with E-state index in [1.54, 1.807) is 7.11 Å². The first-order valence-electron chi connectivity index (χ1n) is 9.58. The van der Waals surface area contributed by atoms with E-state index in [1.807, 2.05) is 60.7 Å². The van der Waals surface area contributed by atoms with Gasteiger partial charge in [-0.05, 0) is 28.3 Å². The minimum absolute atomic E-state index is 0.251. The Kier molecular flexibility index (Phi) is 6.18. The van der Waals surface area contributed by atoms with Crippen LogP contribution < -0.4 is 10.4 Å². The molecule has 3 atom stereocenters. The van der Waals surface area contributed by atoms with Crippen LogP contribution in [-0.4, -0.2) is 43.8 Å². The second kappa shape index (κ2) is 8.25. The molecule has 3 rings (SSSR count). The predicted octanol–water partition coefficient (Wildman–Crippen LogP) is 2.42. The number of ether oxygens (including phenoxy) is 2. The molecule has 1 aliphatic heterocycles. The molecule has 5 heteroatoms. The highest BCUT2D eigenvalue weighted by Gasteiger charge is 2.50. The highest BCUT2D eigenvalue weighted by molar-refractivity contribution is 6.98. The molecule has 0 spiro atoms. The zero-order chi connectivity index (χ0) is 19.5. The first kappa shape index (κ1) is 20.2. The molecule has 1 aliphatic rings. The molecule has 1 saturated heterocycles. The molecule has 0 bridgehead atoms. The molecular weight excluding hydrogens is 356 g/mol. The molecule has 4 nitrogen and oxygen atoms in total. The van der Waals surface area contributed by atoms with E-state index in [1.165, 1.54) is 0 Å². The molecule has 2 aromatic carbocycles. The molecule has 0 aliphatic carbocycles. The quantitative estimate of drug-likeness (QED) is 0.718. The van der Waals surface area contributed by atoms with Crippen LogP contribution in [0.4, 0.5) is 0 Å². The van der Waals surface area contributed by atoms with Gasteiger partial charge in [-0.2, -0.15) is 0 Å². The third-order valence-electron chi connectivity index (χ3n) is 5.87. The van der Waals surface area contributed by atoms with Gasteiger partial charge in [0.15, 0.2) is 6.29 Å². The molecule has 0 amide bonds. The van der Waals surface area contributed by atoms with Crippen LogP contribution in [0.15, 0.2) is 60.7 Å². The lowest BCUT2D eigenvalue weighted by atomic mass is 10.0. The average Bonchev–Trinajstić information content (AvgIpc) is 3.07. The zero-order valence-electron chi connectivity index (χ0n) is 16.3. The number of benzene rings is 2. The molecule has 1 unspecified atom stereocenters. The largest absolute Gasteiger partial charge is 0.424 e. The van der Waals surface area contributed by atoms with Crippen molar-refractivity contribution < 1.29 is 19.4 Å². The molecule has 0 saturated carbocycles. The van der Waals surface area contributed by atoms with Crippen molar-refractivity contribution in [2.24, 2.45) is 0 Å². The Morgan fingerprint density at radius 1 is 1.04 bits per heavy atom. The Labute approximate surface area is 162 Å². The van der Waals surface area contributed by atoms with Crippen LogP contribution in [0.2, 0.25) is 5.04 Å². The molecular formula is C22H30O4Si. The highest BCUT2D eigenvalue weighted by Crippen LogP contribution is 2.41. The standard InChI is InChI=1S/C22H30O4Si/c1-22(2,15-14-20-19(23)16-21(25-3)26-20)27(24,17-10-6-4-7-11-17)18-12-8-5-9-13-18/h4-13,19-21,23-24H,14-16H2,1-3H3/t19?,20-,21+/m1/s1. The van der Waals surface area contributed by atoms with E-state index in [9.17, 15) is 9.90 Å². The Hall–Kier alpha value is -1.50. The molecule has 0 radical (unpaired) electrons. The van der Waals surface area contributed by atoms with Crippen LogP contribution in [0.5, 0.6) is 0 Å². The first-order valence-corrected chi connectivity index (χ1v) is 11.5. The molecule has 2 aromatic rings. The average molecular weight is 387 g/mol. The van der Waals surface area contributed by atoms with E-state index < -0.39 is 14.4 Å². The van der Waals surface area contributed by atoms with Crippen molar-refractivity contribution in [3.63, 3.8) is 0 Å². The maximum atomic E-state index is 12.1. The number of aliphatic hydroxyl groups excluding tert-OH is 1. The lowest BCUT2D eigenvalue weighted by Crippen LogP contribution is -2.65. The fraction of sp³-hybridized carbons (Fsp3) is 0.455. The fourth-order valence-electron chi connectivity index (χ4n) is 4.09. The Morgan fingerprint density at radius 3 is 2.00 bits per heavy atom. The predicted molar refractivity (Wildman–Crippen MR) is 110 cm³/mol. The van der Waals surface area contributed by atoms with E-state index in [-0.39, 0.29) is 17.4 Å². The van der Waals surface area contributed by atoms with Crippen molar-refractivity contribution in [2.75, 3.05) is 7.11 Å². The van der Waals surface area contributed by atoms with Gasteiger partial charge in [0.1, 0.15) is 0 Å². The van der Waals surface area contributed by atoms with Crippen molar-refractivity contribution in [1.82, 2.24) is 0 Å². The number of hydrogen-bond acceptors (Lipinski definition) is 4. The van der Waals surface area contributed by atoms with E-state index >= 15 is 0 Å². The monoisotopic (exact) mass is 386 g/mol. The van der Waals surface area contributed by atoms with Gasteiger partial charge in [-0.1, -0.05) is 74.5 Å². The highest BCUT2D eigenvalue weighted by atomic mass is 28.4. The van der Waals surface area contributed by atoms with E-state index in [0.29, 0.717) is 12.8 Å². The van der Waals surface area contributed by atoms with Crippen molar-refractivity contribution >= 4 is 18.7 Å². The topological polar surface area (TPSA) is 58.9 Å². The van der Waals surface area contributed by atoms with Crippen LogP contribution in [0, 0.1) is 0 Å². The number of methoxy groups -OCH3 is 1. The van der Waals surface area contributed by atoms with Crippen LogP contribution in [0.25, 0.3) is 0 Å². The Balaban J connectivity index is 1.87. The van der Waals surface area contributed by atoms with Crippen LogP contribution in [0.3, 0.4) is 0 Å². The minimum atomic E-state index is -3.02. The number of hydrogen-bond donors (Lipinski definition) is 2. The van der Waals surface area contributed by atoms with Crippen LogP contribution in [0.1, 0.15) is 33.1 Å². The van der Waals surface area contributed by atoms with Crippen LogP contribution in [-0.2, 0) is 9.47 Å².